The van der Waals surface area contributed by atoms with Crippen LogP contribution >= 0.6 is 34.8 Å². The van der Waals surface area contributed by atoms with Crippen molar-refractivity contribution in [3.8, 4) is 0 Å². The van der Waals surface area contributed by atoms with Gasteiger partial charge in [0.25, 0.3) is 5.66 Å². The number of rotatable bonds is 0. The molecule has 0 aromatic carbocycles. The second kappa shape index (κ2) is 3.06. The molecule has 0 aliphatic carbocycles. The van der Waals surface area contributed by atoms with Gasteiger partial charge in [-0.3, -0.25) is 0 Å². The molecule has 0 radical (unpaired) electrons. The minimum absolute atomic E-state index is 0.287. The van der Waals surface area contributed by atoms with Crippen LogP contribution in [0.3, 0.4) is 0 Å². The first kappa shape index (κ1) is 12.2. The lowest BCUT2D eigenvalue weighted by molar-refractivity contribution is -0.653. The summed E-state index contributed by atoms with van der Waals surface area (Å²) in [6.07, 6.45) is 0. The Morgan fingerprint density at radius 3 is 1.79 bits per heavy atom. The maximum absolute atomic E-state index is 11.8. The standard InChI is InChI=1S/C8H12Cl3N2O/c1-6(2)5(8(9,10)11)12-7(3,4)13(6)14/h1-4H3/q+1. The Bertz CT molecular complexity index is 315. The normalized spacial score (nSPS) is 25.1. The van der Waals surface area contributed by atoms with Crippen LogP contribution in [0.25, 0.3) is 0 Å². The van der Waals surface area contributed by atoms with Crippen LogP contribution in [0.15, 0.2) is 4.99 Å². The molecular weight excluding hydrogens is 246 g/mol. The lowest BCUT2D eigenvalue weighted by Gasteiger charge is -2.18. The van der Waals surface area contributed by atoms with Gasteiger partial charge in [0.2, 0.25) is 9.33 Å². The number of alkyl halides is 3. The predicted octanol–water partition coefficient (Wildman–Crippen LogP) is 3.10. The molecule has 0 aromatic rings. The predicted molar refractivity (Wildman–Crippen MR) is 59.5 cm³/mol. The number of nitrogens with zero attached hydrogens (tertiary/aromatic N) is 2. The Labute approximate surface area is 98.0 Å². The molecule has 14 heavy (non-hydrogen) atoms. The molecule has 0 unspecified atom stereocenters. The number of halogens is 3. The smallest absolute Gasteiger partial charge is 0.209 e. The summed E-state index contributed by atoms with van der Waals surface area (Å²) < 4.78 is -0.781. The van der Waals surface area contributed by atoms with Crippen LogP contribution in [0.5, 0.6) is 0 Å². The van der Waals surface area contributed by atoms with Crippen molar-refractivity contribution in [3.63, 3.8) is 0 Å². The third-order valence-corrected chi connectivity index (χ3v) is 2.78. The van der Waals surface area contributed by atoms with Crippen molar-refractivity contribution in [1.29, 1.82) is 0 Å². The van der Waals surface area contributed by atoms with E-state index in [2.05, 4.69) is 4.99 Å². The van der Waals surface area contributed by atoms with Crippen LogP contribution < -0.4 is 0 Å². The minimum Gasteiger partial charge on any atom is -0.209 e. The molecule has 0 bridgehead atoms. The van der Waals surface area contributed by atoms with Gasteiger partial charge in [0, 0.05) is 37.4 Å². The summed E-state index contributed by atoms with van der Waals surface area (Å²) in [7, 11) is 0. The highest BCUT2D eigenvalue weighted by atomic mass is 35.6. The zero-order chi connectivity index (χ0) is 11.4. The van der Waals surface area contributed by atoms with Crippen LogP contribution in [0.1, 0.15) is 27.7 Å². The highest BCUT2D eigenvalue weighted by Gasteiger charge is 2.61. The fourth-order valence-electron chi connectivity index (χ4n) is 1.65. The van der Waals surface area contributed by atoms with Gasteiger partial charge in [0.1, 0.15) is 5.71 Å². The lowest BCUT2D eigenvalue weighted by atomic mass is 10.00. The summed E-state index contributed by atoms with van der Waals surface area (Å²) >= 11 is 17.3. The molecule has 0 fully saturated rings. The maximum atomic E-state index is 11.8. The number of hydrogen-bond donors (Lipinski definition) is 0. The van der Waals surface area contributed by atoms with Crippen molar-refractivity contribution in [3.05, 3.63) is 4.91 Å². The Morgan fingerprint density at radius 2 is 1.64 bits per heavy atom. The Morgan fingerprint density at radius 1 is 1.21 bits per heavy atom. The van der Waals surface area contributed by atoms with Crippen molar-refractivity contribution in [2.24, 2.45) is 4.99 Å². The molecule has 0 aromatic heterocycles. The molecule has 0 atom stereocenters. The fourth-order valence-corrected chi connectivity index (χ4v) is 2.47. The van der Waals surface area contributed by atoms with Gasteiger partial charge in [0.05, 0.1) is 0 Å². The van der Waals surface area contributed by atoms with Gasteiger partial charge in [-0.05, 0) is 0 Å². The van der Waals surface area contributed by atoms with Crippen LogP contribution in [-0.2, 0) is 0 Å². The van der Waals surface area contributed by atoms with Gasteiger partial charge in [-0.2, -0.15) is 0 Å². The number of aliphatic imine (C=N–C) groups is 1. The van der Waals surface area contributed by atoms with E-state index in [4.69, 9.17) is 34.8 Å². The van der Waals surface area contributed by atoms with E-state index in [0.29, 0.717) is 0 Å². The van der Waals surface area contributed by atoms with E-state index in [-0.39, 0.29) is 5.71 Å². The van der Waals surface area contributed by atoms with Gasteiger partial charge >= 0.3 is 0 Å². The Balaban J connectivity index is 3.27. The SMILES string of the molecule is CC1(C)N=C(C(Cl)(Cl)Cl)C(C)(C)[N+]1=O. The van der Waals surface area contributed by atoms with Gasteiger partial charge < -0.3 is 0 Å². The second-order valence-electron chi connectivity index (χ2n) is 4.31. The lowest BCUT2D eigenvalue weighted by Crippen LogP contribution is -2.47. The molecule has 1 aliphatic rings. The number of nitroso groups, excluding NO2 is 1. The maximum Gasteiger partial charge on any atom is 0.298 e. The molecule has 1 rings (SSSR count). The summed E-state index contributed by atoms with van der Waals surface area (Å²) in [5, 5.41) is 0. The molecule has 0 saturated carbocycles. The quantitative estimate of drug-likeness (QED) is 0.485. The monoisotopic (exact) mass is 257 g/mol. The molecule has 0 saturated heterocycles. The van der Waals surface area contributed by atoms with E-state index in [9.17, 15) is 4.91 Å². The molecule has 3 nitrogen and oxygen atoms in total. The van der Waals surface area contributed by atoms with Gasteiger partial charge in [-0.25, -0.2) is 4.99 Å². The zero-order valence-electron chi connectivity index (χ0n) is 8.44. The van der Waals surface area contributed by atoms with Crippen LogP contribution in [0.4, 0.5) is 0 Å². The summed E-state index contributed by atoms with van der Waals surface area (Å²) in [5.74, 6) is 0. The minimum atomic E-state index is -1.63. The van der Waals surface area contributed by atoms with Gasteiger partial charge in [0.15, 0.2) is 0 Å². The first-order valence-electron chi connectivity index (χ1n) is 4.14. The van der Waals surface area contributed by atoms with Crippen LogP contribution in [-0.4, -0.2) is 25.5 Å². The molecular formula is C8H12Cl3N2O+. The molecule has 0 spiro atoms. The van der Waals surface area contributed by atoms with E-state index in [0.717, 1.165) is 4.76 Å². The Kier molecular flexibility index (Phi) is 2.67. The van der Waals surface area contributed by atoms with Crippen LogP contribution in [0, 0.1) is 4.91 Å². The van der Waals surface area contributed by atoms with Crippen molar-refractivity contribution in [1.82, 2.24) is 0 Å². The van der Waals surface area contributed by atoms with Gasteiger partial charge in [-0.15, -0.1) is 0 Å². The molecule has 80 valence electrons. The highest BCUT2D eigenvalue weighted by molar-refractivity contribution is 6.77. The zero-order valence-corrected chi connectivity index (χ0v) is 10.7. The number of hydrogen-bond acceptors (Lipinski definition) is 2. The summed E-state index contributed by atoms with van der Waals surface area (Å²) in [6, 6.07) is 0. The fraction of sp³-hybridized carbons (Fsp3) is 0.875. The van der Waals surface area contributed by atoms with E-state index in [1.807, 2.05) is 0 Å². The second-order valence-corrected chi connectivity index (χ2v) is 6.59. The van der Waals surface area contributed by atoms with E-state index < -0.39 is 15.0 Å². The summed E-state index contributed by atoms with van der Waals surface area (Å²) in [4.78, 5) is 16.0. The molecule has 0 amide bonds. The molecule has 1 heterocycles. The van der Waals surface area contributed by atoms with E-state index >= 15 is 0 Å². The average molecular weight is 259 g/mol. The molecule has 1 aliphatic heterocycles. The first-order chi connectivity index (χ1) is 5.99. The van der Waals surface area contributed by atoms with Crippen molar-refractivity contribution in [2.75, 3.05) is 0 Å². The summed E-state index contributed by atoms with van der Waals surface area (Å²) in [5.41, 5.74) is -1.47. The average Bonchev–Trinajstić information content (AvgIpc) is 2.10. The van der Waals surface area contributed by atoms with E-state index in [1.54, 1.807) is 27.7 Å². The van der Waals surface area contributed by atoms with Gasteiger partial charge in [-0.1, -0.05) is 34.8 Å². The third kappa shape index (κ3) is 1.77. The topological polar surface area (TPSA) is 32.4 Å². The van der Waals surface area contributed by atoms with Crippen molar-refractivity contribution in [2.45, 2.75) is 42.7 Å². The third-order valence-electron chi connectivity index (χ3n) is 2.24. The largest absolute Gasteiger partial charge is 0.298 e. The van der Waals surface area contributed by atoms with Crippen molar-refractivity contribution < 1.29 is 4.76 Å². The molecule has 0 N–H and O–H groups in total. The van der Waals surface area contributed by atoms with E-state index in [1.165, 1.54) is 0 Å². The highest BCUT2D eigenvalue weighted by Crippen LogP contribution is 2.41. The van der Waals surface area contributed by atoms with Crippen LogP contribution in [0.2, 0.25) is 0 Å². The summed E-state index contributed by atoms with van der Waals surface area (Å²) in [6.45, 7) is 6.75. The Hall–Kier alpha value is 0.140. The molecule has 6 heteroatoms. The van der Waals surface area contributed by atoms with Crippen molar-refractivity contribution >= 4 is 40.5 Å². The first-order valence-corrected chi connectivity index (χ1v) is 5.28.